The van der Waals surface area contributed by atoms with E-state index in [-0.39, 0.29) is 12.5 Å². The molecule has 26 heavy (non-hydrogen) atoms. The van der Waals surface area contributed by atoms with Crippen LogP contribution < -0.4 is 15.0 Å². The van der Waals surface area contributed by atoms with Crippen LogP contribution in [-0.4, -0.2) is 35.6 Å². The molecule has 7 heteroatoms. The van der Waals surface area contributed by atoms with Crippen molar-refractivity contribution in [2.24, 2.45) is 5.92 Å². The summed E-state index contributed by atoms with van der Waals surface area (Å²) in [5, 5.41) is 2.80. The van der Waals surface area contributed by atoms with Crippen LogP contribution in [-0.2, 0) is 4.79 Å². The maximum absolute atomic E-state index is 12.1. The van der Waals surface area contributed by atoms with Crippen LogP contribution in [0.3, 0.4) is 0 Å². The molecule has 0 bridgehead atoms. The number of ether oxygens (including phenoxy) is 1. The number of aryl methyl sites for hydroxylation is 1. The Morgan fingerprint density at radius 1 is 1.38 bits per heavy atom. The van der Waals surface area contributed by atoms with Crippen LogP contribution in [0, 0.1) is 12.8 Å². The summed E-state index contributed by atoms with van der Waals surface area (Å²) in [6, 6.07) is 9.18. The number of halogens is 1. The number of amides is 1. The van der Waals surface area contributed by atoms with Crippen molar-refractivity contribution < 1.29 is 9.53 Å². The number of carbonyl (C=O) groups excluding carboxylic acids is 1. The van der Waals surface area contributed by atoms with E-state index in [1.54, 1.807) is 6.07 Å². The maximum atomic E-state index is 12.1. The number of hydrogen-bond acceptors (Lipinski definition) is 5. The second kappa shape index (κ2) is 8.49. The average Bonchev–Trinajstić information content (AvgIpc) is 2.59. The lowest BCUT2D eigenvalue weighted by atomic mass is 10.0. The molecule has 1 atom stereocenters. The highest BCUT2D eigenvalue weighted by atomic mass is 79.9. The van der Waals surface area contributed by atoms with E-state index in [1.807, 2.05) is 31.2 Å². The summed E-state index contributed by atoms with van der Waals surface area (Å²) in [5.74, 6) is 1.51. The summed E-state index contributed by atoms with van der Waals surface area (Å²) in [4.78, 5) is 23.3. The third-order valence-corrected chi connectivity index (χ3v) is 4.71. The summed E-state index contributed by atoms with van der Waals surface area (Å²) >= 11 is 3.38. The molecule has 1 aliphatic heterocycles. The van der Waals surface area contributed by atoms with Crippen molar-refractivity contribution in [3.05, 3.63) is 40.5 Å². The lowest BCUT2D eigenvalue weighted by molar-refractivity contribution is -0.118. The Morgan fingerprint density at radius 2 is 2.23 bits per heavy atom. The summed E-state index contributed by atoms with van der Waals surface area (Å²) < 4.78 is 6.51. The Morgan fingerprint density at radius 3 is 3.00 bits per heavy atom. The topological polar surface area (TPSA) is 67.3 Å². The highest BCUT2D eigenvalue weighted by molar-refractivity contribution is 9.10. The molecule has 2 aromatic rings. The molecule has 1 aromatic carbocycles. The molecule has 2 heterocycles. The van der Waals surface area contributed by atoms with Crippen molar-refractivity contribution in [1.29, 1.82) is 0 Å². The predicted molar refractivity (Wildman–Crippen MR) is 106 cm³/mol. The molecule has 0 aliphatic carbocycles. The van der Waals surface area contributed by atoms with Gasteiger partial charge in [-0.3, -0.25) is 4.79 Å². The van der Waals surface area contributed by atoms with E-state index in [1.165, 1.54) is 6.42 Å². The van der Waals surface area contributed by atoms with Gasteiger partial charge in [0.05, 0.1) is 0 Å². The highest BCUT2D eigenvalue weighted by Crippen LogP contribution is 2.22. The number of rotatable bonds is 5. The van der Waals surface area contributed by atoms with Gasteiger partial charge in [0.25, 0.3) is 5.91 Å². The van der Waals surface area contributed by atoms with Gasteiger partial charge >= 0.3 is 0 Å². The van der Waals surface area contributed by atoms with Gasteiger partial charge in [0, 0.05) is 35.0 Å². The van der Waals surface area contributed by atoms with Gasteiger partial charge in [-0.25, -0.2) is 4.98 Å². The van der Waals surface area contributed by atoms with Crippen LogP contribution in [0.5, 0.6) is 5.88 Å². The molecule has 3 rings (SSSR count). The SMILES string of the molecule is Cc1cc(OCC(=O)Nc2cccc(Br)c2)nc(N2CCC[C@@H](C)C2)n1. The monoisotopic (exact) mass is 418 g/mol. The van der Waals surface area contributed by atoms with E-state index < -0.39 is 0 Å². The lowest BCUT2D eigenvalue weighted by Crippen LogP contribution is -2.35. The Balaban J connectivity index is 1.61. The zero-order chi connectivity index (χ0) is 18.5. The number of benzene rings is 1. The molecule has 0 saturated carbocycles. The van der Waals surface area contributed by atoms with Crippen LogP contribution in [0.25, 0.3) is 0 Å². The Hall–Kier alpha value is -2.15. The van der Waals surface area contributed by atoms with E-state index >= 15 is 0 Å². The Labute approximate surface area is 162 Å². The first-order valence-electron chi connectivity index (χ1n) is 8.78. The molecule has 0 unspecified atom stereocenters. The molecule has 0 radical (unpaired) electrons. The summed E-state index contributed by atoms with van der Waals surface area (Å²) in [6.45, 7) is 5.96. The number of nitrogens with one attached hydrogen (secondary N) is 1. The number of piperidine rings is 1. The van der Waals surface area contributed by atoms with E-state index in [4.69, 9.17) is 4.74 Å². The molecule has 1 aromatic heterocycles. The van der Waals surface area contributed by atoms with Gasteiger partial charge in [0.15, 0.2) is 6.61 Å². The number of carbonyl (C=O) groups is 1. The van der Waals surface area contributed by atoms with Crippen molar-refractivity contribution in [2.45, 2.75) is 26.7 Å². The van der Waals surface area contributed by atoms with Crippen LogP contribution in [0.4, 0.5) is 11.6 Å². The zero-order valence-corrected chi connectivity index (χ0v) is 16.6. The number of anilines is 2. The number of aromatic nitrogens is 2. The van der Waals surface area contributed by atoms with Gasteiger partial charge < -0.3 is 15.0 Å². The second-order valence-electron chi connectivity index (χ2n) is 6.69. The van der Waals surface area contributed by atoms with Gasteiger partial charge in [0.1, 0.15) is 0 Å². The third-order valence-electron chi connectivity index (χ3n) is 4.22. The second-order valence-corrected chi connectivity index (χ2v) is 7.60. The number of hydrogen-bond donors (Lipinski definition) is 1. The van der Waals surface area contributed by atoms with Gasteiger partial charge in [0.2, 0.25) is 11.8 Å². The van der Waals surface area contributed by atoms with E-state index in [0.717, 1.165) is 35.4 Å². The van der Waals surface area contributed by atoms with Gasteiger partial charge in [-0.2, -0.15) is 4.98 Å². The fourth-order valence-electron chi connectivity index (χ4n) is 3.01. The first kappa shape index (κ1) is 18.6. The maximum Gasteiger partial charge on any atom is 0.262 e. The van der Waals surface area contributed by atoms with Gasteiger partial charge in [-0.05, 0) is 43.9 Å². The van der Waals surface area contributed by atoms with Crippen LogP contribution >= 0.6 is 15.9 Å². The molecule has 6 nitrogen and oxygen atoms in total. The minimum atomic E-state index is -0.229. The first-order chi connectivity index (χ1) is 12.5. The quantitative estimate of drug-likeness (QED) is 0.799. The summed E-state index contributed by atoms with van der Waals surface area (Å²) in [7, 11) is 0. The van der Waals surface area contributed by atoms with Crippen molar-refractivity contribution in [3.8, 4) is 5.88 Å². The zero-order valence-electron chi connectivity index (χ0n) is 15.0. The van der Waals surface area contributed by atoms with E-state index in [2.05, 4.69) is 43.0 Å². The van der Waals surface area contributed by atoms with Crippen LogP contribution in [0.2, 0.25) is 0 Å². The Bertz CT molecular complexity index is 784. The fourth-order valence-corrected chi connectivity index (χ4v) is 3.41. The molecule has 1 fully saturated rings. The molecule has 1 aliphatic rings. The van der Waals surface area contributed by atoms with Crippen molar-refractivity contribution in [1.82, 2.24) is 9.97 Å². The number of nitrogens with zero attached hydrogens (tertiary/aromatic N) is 3. The smallest absolute Gasteiger partial charge is 0.262 e. The molecular weight excluding hydrogens is 396 g/mol. The van der Waals surface area contributed by atoms with Crippen molar-refractivity contribution in [2.75, 3.05) is 29.9 Å². The van der Waals surface area contributed by atoms with Crippen LogP contribution in [0.15, 0.2) is 34.8 Å². The molecule has 0 spiro atoms. The summed E-state index contributed by atoms with van der Waals surface area (Å²) in [5.41, 5.74) is 1.55. The largest absolute Gasteiger partial charge is 0.467 e. The predicted octanol–water partition coefficient (Wildman–Crippen LogP) is 3.80. The average molecular weight is 419 g/mol. The van der Waals surface area contributed by atoms with Gasteiger partial charge in [-0.1, -0.05) is 28.9 Å². The van der Waals surface area contributed by atoms with Crippen molar-refractivity contribution >= 4 is 33.5 Å². The molecule has 1 saturated heterocycles. The molecule has 1 N–H and O–H groups in total. The molecule has 1 amide bonds. The minimum Gasteiger partial charge on any atom is -0.467 e. The molecule has 138 valence electrons. The van der Waals surface area contributed by atoms with E-state index in [9.17, 15) is 4.79 Å². The highest BCUT2D eigenvalue weighted by Gasteiger charge is 2.19. The third kappa shape index (κ3) is 5.17. The van der Waals surface area contributed by atoms with E-state index in [0.29, 0.717) is 17.7 Å². The first-order valence-corrected chi connectivity index (χ1v) is 9.58. The summed E-state index contributed by atoms with van der Waals surface area (Å²) in [6.07, 6.45) is 2.38. The Kier molecular flexibility index (Phi) is 6.08. The minimum absolute atomic E-state index is 0.0984. The van der Waals surface area contributed by atoms with Crippen LogP contribution in [0.1, 0.15) is 25.5 Å². The normalized spacial score (nSPS) is 17.0. The fraction of sp³-hybridized carbons (Fsp3) is 0.421. The lowest BCUT2D eigenvalue weighted by Gasteiger charge is -2.31. The van der Waals surface area contributed by atoms with Crippen molar-refractivity contribution in [3.63, 3.8) is 0 Å². The molecular formula is C19H23BrN4O2. The van der Waals surface area contributed by atoms with Gasteiger partial charge in [-0.15, -0.1) is 0 Å². The standard InChI is InChI=1S/C19H23BrN4O2/c1-13-5-4-8-24(11-13)19-21-14(2)9-18(23-19)26-12-17(25)22-16-7-3-6-15(20)10-16/h3,6-7,9-10,13H,4-5,8,11-12H2,1-2H3,(H,22,25)/t13-/m1/s1.